The summed E-state index contributed by atoms with van der Waals surface area (Å²) in [5.41, 5.74) is 2.73. The van der Waals surface area contributed by atoms with E-state index in [2.05, 4.69) is 17.0 Å². The highest BCUT2D eigenvalue weighted by Gasteiger charge is 2.22. The van der Waals surface area contributed by atoms with Crippen LogP contribution in [0.1, 0.15) is 5.56 Å². The molecule has 1 fully saturated rings. The van der Waals surface area contributed by atoms with Crippen molar-refractivity contribution in [3.63, 3.8) is 0 Å². The molecule has 1 saturated heterocycles. The molecule has 4 aromatic rings. The van der Waals surface area contributed by atoms with Crippen LogP contribution in [-0.4, -0.2) is 49.2 Å². The molecule has 0 atom stereocenters. The number of carbonyl (C=O) groups is 1. The minimum atomic E-state index is -0.365. The van der Waals surface area contributed by atoms with Crippen LogP contribution in [0.2, 0.25) is 0 Å². The molecule has 0 saturated carbocycles. The summed E-state index contributed by atoms with van der Waals surface area (Å²) in [5.74, 6) is 1.05. The summed E-state index contributed by atoms with van der Waals surface area (Å²) in [7, 11) is 1.56. The van der Waals surface area contributed by atoms with Gasteiger partial charge in [0.25, 0.3) is 0 Å². The Labute approximate surface area is 203 Å². The smallest absolute Gasteiger partial charge is 0.415 e. The summed E-state index contributed by atoms with van der Waals surface area (Å²) >= 11 is 0. The molecule has 1 aliphatic rings. The molecule has 1 aliphatic heterocycles. The Kier molecular flexibility index (Phi) is 6.50. The number of fused-ring (bicyclic) bond motifs is 1. The fourth-order valence-electron chi connectivity index (χ4n) is 4.23. The van der Waals surface area contributed by atoms with Crippen molar-refractivity contribution in [3.8, 4) is 22.6 Å². The van der Waals surface area contributed by atoms with E-state index in [9.17, 15) is 9.59 Å². The Balaban J connectivity index is 1.21. The predicted octanol–water partition coefficient (Wildman–Crippen LogP) is 4.79. The van der Waals surface area contributed by atoms with Gasteiger partial charge in [0.05, 0.1) is 18.1 Å². The number of hydrogen-bond donors (Lipinski definition) is 0. The van der Waals surface area contributed by atoms with Crippen molar-refractivity contribution in [1.82, 2.24) is 9.80 Å². The third kappa shape index (κ3) is 5.05. The largest absolute Gasteiger partial charge is 0.497 e. The van der Waals surface area contributed by atoms with Crippen molar-refractivity contribution < 1.29 is 18.7 Å². The molecule has 2 heterocycles. The van der Waals surface area contributed by atoms with Crippen LogP contribution in [0.25, 0.3) is 22.1 Å². The van der Waals surface area contributed by atoms with E-state index in [0.29, 0.717) is 46.7 Å². The van der Waals surface area contributed by atoms with Crippen LogP contribution >= 0.6 is 0 Å². The van der Waals surface area contributed by atoms with Gasteiger partial charge >= 0.3 is 6.09 Å². The van der Waals surface area contributed by atoms with E-state index in [0.717, 1.165) is 19.6 Å². The quantitative estimate of drug-likeness (QED) is 0.418. The van der Waals surface area contributed by atoms with Crippen LogP contribution in [0.3, 0.4) is 0 Å². The number of hydrogen-bond acceptors (Lipinski definition) is 6. The van der Waals surface area contributed by atoms with Crippen molar-refractivity contribution in [1.29, 1.82) is 0 Å². The molecule has 0 bridgehead atoms. The van der Waals surface area contributed by atoms with Gasteiger partial charge < -0.3 is 18.8 Å². The average Bonchev–Trinajstić information content (AvgIpc) is 2.90. The Morgan fingerprint density at radius 3 is 2.34 bits per heavy atom. The number of piperazine rings is 1. The van der Waals surface area contributed by atoms with Gasteiger partial charge in [0.1, 0.15) is 23.3 Å². The number of nitrogens with zero attached hydrogens (tertiary/aromatic N) is 2. The average molecular weight is 471 g/mol. The van der Waals surface area contributed by atoms with Crippen molar-refractivity contribution in [2.45, 2.75) is 6.54 Å². The van der Waals surface area contributed by atoms with E-state index >= 15 is 0 Å². The van der Waals surface area contributed by atoms with Gasteiger partial charge in [0, 0.05) is 38.8 Å². The predicted molar refractivity (Wildman–Crippen MR) is 134 cm³/mol. The molecule has 7 nitrogen and oxygen atoms in total. The van der Waals surface area contributed by atoms with Crippen molar-refractivity contribution >= 4 is 17.1 Å². The standard InChI is InChI=1S/C28H26N2O5/c1-33-23-11-12-24-26(17-23)34-19-25(27(24)31)21-7-9-22(10-8-21)35-28(32)30-15-13-29(14-16-30)18-20-5-3-2-4-6-20/h2-12,17,19H,13-16,18H2,1H3. The summed E-state index contributed by atoms with van der Waals surface area (Å²) in [6, 6.07) is 22.3. The van der Waals surface area contributed by atoms with E-state index in [1.165, 1.54) is 11.8 Å². The van der Waals surface area contributed by atoms with E-state index in [4.69, 9.17) is 13.9 Å². The lowest BCUT2D eigenvalue weighted by atomic mass is 10.1. The molecule has 0 unspecified atom stereocenters. The second kappa shape index (κ2) is 10.0. The molecule has 3 aromatic carbocycles. The molecule has 178 valence electrons. The van der Waals surface area contributed by atoms with Gasteiger partial charge in [0.2, 0.25) is 0 Å². The molecule has 0 spiro atoms. The van der Waals surface area contributed by atoms with Crippen LogP contribution < -0.4 is 14.9 Å². The zero-order chi connectivity index (χ0) is 24.2. The Morgan fingerprint density at radius 1 is 0.914 bits per heavy atom. The van der Waals surface area contributed by atoms with Gasteiger partial charge in [-0.1, -0.05) is 42.5 Å². The van der Waals surface area contributed by atoms with Crippen LogP contribution in [-0.2, 0) is 6.54 Å². The third-order valence-corrected chi connectivity index (χ3v) is 6.23. The molecule has 35 heavy (non-hydrogen) atoms. The summed E-state index contributed by atoms with van der Waals surface area (Å²) in [6.07, 6.45) is 1.08. The molecule has 7 heteroatoms. The van der Waals surface area contributed by atoms with Gasteiger partial charge in [0.15, 0.2) is 5.43 Å². The first-order valence-corrected chi connectivity index (χ1v) is 11.5. The SMILES string of the molecule is COc1ccc2c(=O)c(-c3ccc(OC(=O)N4CCN(Cc5ccccc5)CC4)cc3)coc2c1. The normalized spacial score (nSPS) is 14.1. The number of rotatable bonds is 5. The Hall–Kier alpha value is -4.10. The maximum absolute atomic E-state index is 12.9. The zero-order valence-electron chi connectivity index (χ0n) is 19.5. The van der Waals surface area contributed by atoms with E-state index < -0.39 is 0 Å². The second-order valence-corrected chi connectivity index (χ2v) is 8.48. The van der Waals surface area contributed by atoms with E-state index in [-0.39, 0.29) is 11.5 Å². The Morgan fingerprint density at radius 2 is 1.63 bits per heavy atom. The number of carbonyl (C=O) groups excluding carboxylic acids is 1. The molecule has 0 aliphatic carbocycles. The van der Waals surface area contributed by atoms with Gasteiger partial charge in [-0.2, -0.15) is 0 Å². The topological polar surface area (TPSA) is 72.2 Å². The lowest BCUT2D eigenvalue weighted by Crippen LogP contribution is -2.49. The van der Waals surface area contributed by atoms with Crippen molar-refractivity contribution in [3.05, 3.63) is 94.8 Å². The third-order valence-electron chi connectivity index (χ3n) is 6.23. The van der Waals surface area contributed by atoms with Gasteiger partial charge in [-0.05, 0) is 35.4 Å². The molecular weight excluding hydrogens is 444 g/mol. The molecular formula is C28H26N2O5. The maximum atomic E-state index is 12.9. The van der Waals surface area contributed by atoms with Gasteiger partial charge in [-0.15, -0.1) is 0 Å². The number of benzene rings is 3. The van der Waals surface area contributed by atoms with Crippen molar-refractivity contribution in [2.75, 3.05) is 33.3 Å². The Bertz CT molecular complexity index is 1370. The lowest BCUT2D eigenvalue weighted by molar-refractivity contribution is 0.108. The summed E-state index contributed by atoms with van der Waals surface area (Å²) in [5, 5.41) is 0.477. The van der Waals surface area contributed by atoms with E-state index in [1.54, 1.807) is 54.5 Å². The molecule has 0 radical (unpaired) electrons. The second-order valence-electron chi connectivity index (χ2n) is 8.48. The number of ether oxygens (including phenoxy) is 2. The van der Waals surface area contributed by atoms with Crippen LogP contribution in [0.15, 0.2) is 88.3 Å². The highest BCUT2D eigenvalue weighted by Crippen LogP contribution is 2.25. The van der Waals surface area contributed by atoms with Gasteiger partial charge in [-0.3, -0.25) is 9.69 Å². The molecule has 1 aromatic heterocycles. The first-order chi connectivity index (χ1) is 17.1. The first kappa shape index (κ1) is 22.7. The monoisotopic (exact) mass is 470 g/mol. The summed E-state index contributed by atoms with van der Waals surface area (Å²) in [4.78, 5) is 29.6. The first-order valence-electron chi connectivity index (χ1n) is 11.5. The highest BCUT2D eigenvalue weighted by atomic mass is 16.6. The minimum absolute atomic E-state index is 0.132. The van der Waals surface area contributed by atoms with Crippen LogP contribution in [0, 0.1) is 0 Å². The number of methoxy groups -OCH3 is 1. The zero-order valence-corrected chi connectivity index (χ0v) is 19.5. The van der Waals surface area contributed by atoms with E-state index in [1.807, 2.05) is 18.2 Å². The van der Waals surface area contributed by atoms with Crippen LogP contribution in [0.5, 0.6) is 11.5 Å². The fraction of sp³-hybridized carbons (Fsp3) is 0.214. The maximum Gasteiger partial charge on any atom is 0.415 e. The summed E-state index contributed by atoms with van der Waals surface area (Å²) in [6.45, 7) is 3.71. The van der Waals surface area contributed by atoms with Crippen LogP contribution in [0.4, 0.5) is 4.79 Å². The van der Waals surface area contributed by atoms with Crippen molar-refractivity contribution in [2.24, 2.45) is 0 Å². The number of amides is 1. The molecule has 0 N–H and O–H groups in total. The molecule has 1 amide bonds. The lowest BCUT2D eigenvalue weighted by Gasteiger charge is -2.34. The van der Waals surface area contributed by atoms with Gasteiger partial charge in [-0.25, -0.2) is 4.79 Å². The highest BCUT2D eigenvalue weighted by molar-refractivity contribution is 5.82. The molecule has 5 rings (SSSR count). The summed E-state index contributed by atoms with van der Waals surface area (Å²) < 4.78 is 16.4. The minimum Gasteiger partial charge on any atom is -0.497 e. The fourth-order valence-corrected chi connectivity index (χ4v) is 4.23.